The number of nitrogens with zero attached hydrogens (tertiary/aromatic N) is 7. The molecule has 2 heterocycles. The van der Waals surface area contributed by atoms with Gasteiger partial charge in [-0.1, -0.05) is 72.0 Å². The molecule has 10 aromatic rings. The second-order valence-electron chi connectivity index (χ2n) is 18.1. The largest absolute Gasteiger partial charge is 0.339 e. The summed E-state index contributed by atoms with van der Waals surface area (Å²) in [5.74, 6) is -0.0980. The summed E-state index contributed by atoms with van der Waals surface area (Å²) in [7, 11) is -23.7. The summed E-state index contributed by atoms with van der Waals surface area (Å²) in [5, 5.41) is 47.6. The molecule has 0 aliphatic carbocycles. The summed E-state index contributed by atoms with van der Waals surface area (Å²) in [6.07, 6.45) is 0. The van der Waals surface area contributed by atoms with Crippen molar-refractivity contribution in [1.82, 2.24) is 4.98 Å². The van der Waals surface area contributed by atoms with Gasteiger partial charge in [-0.25, -0.2) is 13.4 Å². The maximum Gasteiger partial charge on any atom is 0.295 e. The molecule has 7 N–H and O–H groups in total. The average Bonchev–Trinajstić information content (AvgIpc) is 1.56. The minimum Gasteiger partial charge on any atom is -0.339 e. The van der Waals surface area contributed by atoms with Crippen molar-refractivity contribution in [1.29, 1.82) is 10.5 Å². The number of anilines is 5. The lowest BCUT2D eigenvalue weighted by atomic mass is 10.00. The molecule has 2 aromatic heterocycles. The summed E-state index contributed by atoms with van der Waals surface area (Å²) in [4.78, 5) is 1.94. The van der Waals surface area contributed by atoms with Gasteiger partial charge in [-0.05, 0) is 131 Å². The van der Waals surface area contributed by atoms with Crippen molar-refractivity contribution in [2.45, 2.75) is 31.4 Å². The molecule has 8 aromatic carbocycles. The molecule has 422 valence electrons. The number of nitrogens with one attached hydrogen (secondary N) is 3. The number of hydrogen-bond acceptors (Lipinski definition) is 20. The van der Waals surface area contributed by atoms with Crippen molar-refractivity contribution >= 4 is 144 Å². The lowest BCUT2D eigenvalue weighted by molar-refractivity contribution is 0.481. The van der Waals surface area contributed by atoms with Gasteiger partial charge in [-0.3, -0.25) is 22.9 Å². The van der Waals surface area contributed by atoms with Crippen molar-refractivity contribution in [3.63, 3.8) is 0 Å². The van der Waals surface area contributed by atoms with Crippen molar-refractivity contribution in [3.05, 3.63) is 174 Å². The highest BCUT2D eigenvalue weighted by atomic mass is 32.2. The quantitative estimate of drug-likeness (QED) is 0.0349. The Hall–Kier alpha value is -9.44. The normalized spacial score (nSPS) is 12.5. The van der Waals surface area contributed by atoms with Crippen LogP contribution in [0.5, 0.6) is 0 Å². The Labute approximate surface area is 481 Å². The predicted molar refractivity (Wildman–Crippen MR) is 311 cm³/mol. The highest BCUT2D eigenvalue weighted by molar-refractivity contribution is 7.92. The fraction of sp³-hybridized carbons (Fsp3) is 0.0185. The molecule has 84 heavy (non-hydrogen) atoms. The minimum absolute atomic E-state index is 0.0254. The number of azo groups is 2. The highest BCUT2D eigenvalue weighted by Crippen LogP contribution is 2.49. The van der Waals surface area contributed by atoms with Crippen LogP contribution in [0.2, 0.25) is 0 Å². The van der Waals surface area contributed by atoms with Crippen LogP contribution in [0.25, 0.3) is 43.4 Å². The topological polar surface area (TPSA) is 398 Å². The average molecular weight is 1240 g/mol. The van der Waals surface area contributed by atoms with Crippen LogP contribution in [0.1, 0.15) is 16.7 Å². The molecule has 30 heteroatoms. The van der Waals surface area contributed by atoms with E-state index < -0.39 is 81.2 Å². The predicted octanol–water partition coefficient (Wildman–Crippen LogP) is 12.4. The van der Waals surface area contributed by atoms with E-state index in [4.69, 9.17) is 0 Å². The summed E-state index contributed by atoms with van der Waals surface area (Å²) in [6, 6.07) is 40.8. The van der Waals surface area contributed by atoms with Crippen LogP contribution >= 0.6 is 11.3 Å². The van der Waals surface area contributed by atoms with Gasteiger partial charge in [-0.15, -0.1) is 20.5 Å². The number of aromatic nitrogens is 1. The zero-order chi connectivity index (χ0) is 60.1. The maximum atomic E-state index is 13.8. The zero-order valence-electron chi connectivity index (χ0n) is 42.5. The van der Waals surface area contributed by atoms with Crippen LogP contribution in [0.3, 0.4) is 0 Å². The van der Waals surface area contributed by atoms with Crippen LogP contribution in [-0.4, -0.2) is 65.3 Å². The van der Waals surface area contributed by atoms with Crippen molar-refractivity contribution < 1.29 is 60.3 Å². The monoisotopic (exact) mass is 1240 g/mol. The molecule has 0 spiro atoms. The van der Waals surface area contributed by atoms with E-state index in [0.29, 0.717) is 21.9 Å². The molecule has 24 nitrogen and oxygen atoms in total. The van der Waals surface area contributed by atoms with Crippen LogP contribution < -0.4 is 15.4 Å². The Balaban J connectivity index is 1.02. The van der Waals surface area contributed by atoms with E-state index in [-0.39, 0.29) is 71.4 Å². The third-order valence-corrected chi connectivity index (χ3v) is 18.6. The van der Waals surface area contributed by atoms with Crippen molar-refractivity contribution in [2.24, 2.45) is 20.5 Å². The molecule has 0 unspecified atom stereocenters. The van der Waals surface area contributed by atoms with E-state index >= 15 is 0 Å². The fourth-order valence-corrected chi connectivity index (χ4v) is 13.1. The van der Waals surface area contributed by atoms with Crippen LogP contribution in [0.15, 0.2) is 203 Å². The van der Waals surface area contributed by atoms with E-state index in [1.54, 1.807) is 18.2 Å². The minimum atomic E-state index is -5.06. The SMILES string of the molecule is Cc1c(C#N)c(Nc2ccc(S(=O)(=O)O)cc2)nc(Nc2ccc(S(=O)(=O)O)cc2)c1/N=N/c1sc(/N=N/c2ccc3cc(S(=O)(=O)Nc4cc(S(=O)(=O)O)c5cccc(S(=O)(=O)O)c5c4)ccc3c2)c(-c2ccc3ccccc3c2)c1C#N. The number of nitriles is 2. The molecule has 0 atom stereocenters. The zero-order valence-corrected chi connectivity index (χ0v) is 47.4. The third-order valence-electron chi connectivity index (χ3n) is 12.7. The first-order valence-electron chi connectivity index (χ1n) is 23.8. The number of benzene rings is 8. The smallest absolute Gasteiger partial charge is 0.295 e. The van der Waals surface area contributed by atoms with Gasteiger partial charge in [0.2, 0.25) is 0 Å². The lowest BCUT2D eigenvalue weighted by Crippen LogP contribution is -2.14. The van der Waals surface area contributed by atoms with Crippen molar-refractivity contribution in [3.8, 4) is 23.3 Å². The standard InChI is InChI=1S/C54H36N10O14S6/c1-30-45(28-55)51(57-36-14-19-40(20-15-36)81(67,68)69)59-52(58-37-16-21-41(22-17-37)82(70,71)72)50(30)61-62-53-46(29-56)49(35-10-9-31-5-2-3-6-32(31)23-35)54(79-53)63-60-38-13-11-34-25-42(18-12-33(34)24-38)80(65,66)64-39-26-44-43(48(27-39)84(76,77)78)7-4-8-47(44)83(73,74)75/h2-27,64H,1H3,(H2,57,58,59)(H,67,68,69)(H,70,71,72)(H,73,74,75)(H,76,77,78)/b62-61+,63-60+. The Kier molecular flexibility index (Phi) is 15.2. The van der Waals surface area contributed by atoms with Gasteiger partial charge >= 0.3 is 0 Å². The Morgan fingerprint density at radius 1 is 0.476 bits per heavy atom. The Morgan fingerprint density at radius 2 is 1.04 bits per heavy atom. The van der Waals surface area contributed by atoms with Crippen LogP contribution in [-0.2, 0) is 50.5 Å². The number of hydrogen-bond donors (Lipinski definition) is 7. The van der Waals surface area contributed by atoms with Crippen LogP contribution in [0.4, 0.5) is 50.1 Å². The fourth-order valence-electron chi connectivity index (χ4n) is 8.76. The highest BCUT2D eigenvalue weighted by Gasteiger charge is 2.26. The lowest BCUT2D eigenvalue weighted by Gasteiger charge is -2.16. The summed E-state index contributed by atoms with van der Waals surface area (Å²) < 4.78 is 165. The van der Waals surface area contributed by atoms with Gasteiger partial charge in [0.05, 0.1) is 31.6 Å². The number of sulfonamides is 1. The van der Waals surface area contributed by atoms with Crippen LogP contribution in [0, 0.1) is 29.6 Å². The number of rotatable bonds is 16. The molecule has 0 aliphatic heterocycles. The van der Waals surface area contributed by atoms with Gasteiger partial charge in [0.25, 0.3) is 50.5 Å². The number of fused-ring (bicyclic) bond motifs is 3. The molecule has 10 rings (SSSR count). The van der Waals surface area contributed by atoms with Gasteiger partial charge < -0.3 is 10.6 Å². The molecule has 0 saturated carbocycles. The van der Waals surface area contributed by atoms with E-state index in [1.807, 2.05) is 36.4 Å². The maximum absolute atomic E-state index is 13.8. The van der Waals surface area contributed by atoms with E-state index in [0.717, 1.165) is 70.6 Å². The first-order valence-corrected chi connectivity index (χ1v) is 31.9. The number of pyridine rings is 1. The number of thiophene rings is 1. The molecule has 0 bridgehead atoms. The molecule has 0 amide bonds. The first-order chi connectivity index (χ1) is 39.7. The molecule has 0 radical (unpaired) electrons. The third kappa shape index (κ3) is 12.1. The summed E-state index contributed by atoms with van der Waals surface area (Å²) in [6.45, 7) is 1.54. The summed E-state index contributed by atoms with van der Waals surface area (Å²) in [5.41, 5.74) is 1.34. The van der Waals surface area contributed by atoms with E-state index in [1.165, 1.54) is 61.5 Å². The Bertz CT molecular complexity index is 5170. The van der Waals surface area contributed by atoms with Gasteiger partial charge in [-0.2, -0.15) is 44.2 Å². The first kappa shape index (κ1) is 57.8. The van der Waals surface area contributed by atoms with Gasteiger partial charge in [0.1, 0.15) is 38.2 Å². The Morgan fingerprint density at radius 3 is 1.65 bits per heavy atom. The van der Waals surface area contributed by atoms with E-state index in [9.17, 15) is 70.8 Å². The molecule has 0 aliphatic rings. The molecular formula is C54H36N10O14S6. The summed E-state index contributed by atoms with van der Waals surface area (Å²) >= 11 is 0.934. The second-order valence-corrected chi connectivity index (χ2v) is 26.4. The van der Waals surface area contributed by atoms with E-state index in [2.05, 4.69) is 52.9 Å². The second kappa shape index (κ2) is 22.0. The van der Waals surface area contributed by atoms with Crippen molar-refractivity contribution in [2.75, 3.05) is 15.4 Å². The molecule has 0 fully saturated rings. The molecular weight excluding hydrogens is 1210 g/mol. The van der Waals surface area contributed by atoms with Gasteiger partial charge in [0, 0.05) is 33.3 Å². The van der Waals surface area contributed by atoms with Gasteiger partial charge in [0.15, 0.2) is 16.6 Å². The molecule has 0 saturated heterocycles.